The van der Waals surface area contributed by atoms with Gasteiger partial charge in [-0.25, -0.2) is 9.18 Å². The molecule has 8 heteroatoms. The Balaban J connectivity index is 1.16. The molecule has 5 nitrogen and oxygen atoms in total. The van der Waals surface area contributed by atoms with Crippen molar-refractivity contribution in [3.8, 4) is 5.75 Å². The van der Waals surface area contributed by atoms with Crippen LogP contribution in [0.5, 0.6) is 5.75 Å². The van der Waals surface area contributed by atoms with Gasteiger partial charge in [0.05, 0.1) is 15.7 Å². The van der Waals surface area contributed by atoms with Gasteiger partial charge in [0.25, 0.3) is 0 Å². The van der Waals surface area contributed by atoms with Crippen LogP contribution >= 0.6 is 23.2 Å². The van der Waals surface area contributed by atoms with Crippen LogP contribution in [-0.4, -0.2) is 50.3 Å². The first-order chi connectivity index (χ1) is 16.0. The maximum absolute atomic E-state index is 13.9. The van der Waals surface area contributed by atoms with Gasteiger partial charge in [0.1, 0.15) is 11.6 Å². The Labute approximate surface area is 203 Å². The molecule has 0 saturated carbocycles. The zero-order valence-corrected chi connectivity index (χ0v) is 19.7. The lowest BCUT2D eigenvalue weighted by Gasteiger charge is -2.36. The minimum atomic E-state index is -0.529. The molecule has 1 aliphatic heterocycles. The maximum Gasteiger partial charge on any atom is 0.412 e. The van der Waals surface area contributed by atoms with E-state index in [9.17, 15) is 9.18 Å². The van der Waals surface area contributed by atoms with E-state index < -0.39 is 6.09 Å². The van der Waals surface area contributed by atoms with Gasteiger partial charge >= 0.3 is 6.09 Å². The predicted octanol–water partition coefficient (Wildman–Crippen LogP) is 5.98. The van der Waals surface area contributed by atoms with E-state index in [0.717, 1.165) is 51.3 Å². The Kier molecular flexibility index (Phi) is 7.91. The fourth-order valence-corrected chi connectivity index (χ4v) is 4.47. The van der Waals surface area contributed by atoms with Gasteiger partial charge < -0.3 is 15.0 Å². The van der Waals surface area contributed by atoms with Crippen LogP contribution < -0.4 is 15.0 Å². The van der Waals surface area contributed by atoms with Gasteiger partial charge in [0.2, 0.25) is 0 Å². The van der Waals surface area contributed by atoms with Gasteiger partial charge in [-0.2, -0.15) is 0 Å². The molecule has 0 radical (unpaired) electrons. The summed E-state index contributed by atoms with van der Waals surface area (Å²) in [7, 11) is 0. The van der Waals surface area contributed by atoms with Crippen molar-refractivity contribution in [3.63, 3.8) is 0 Å². The van der Waals surface area contributed by atoms with Crippen molar-refractivity contribution in [3.05, 3.63) is 70.5 Å². The van der Waals surface area contributed by atoms with Crippen molar-refractivity contribution in [2.45, 2.75) is 12.8 Å². The van der Waals surface area contributed by atoms with E-state index in [0.29, 0.717) is 33.1 Å². The van der Waals surface area contributed by atoms with Crippen LogP contribution in [0.25, 0.3) is 10.8 Å². The van der Waals surface area contributed by atoms with E-state index in [4.69, 9.17) is 27.9 Å². The number of piperazine rings is 1. The number of hydrogen-bond acceptors (Lipinski definition) is 4. The number of amides is 1. The normalized spacial score (nSPS) is 14.5. The van der Waals surface area contributed by atoms with Crippen LogP contribution in [0.15, 0.2) is 54.6 Å². The molecule has 0 bridgehead atoms. The monoisotopic (exact) mass is 489 g/mol. The Morgan fingerprint density at radius 3 is 2.48 bits per heavy atom. The molecule has 3 aromatic carbocycles. The predicted molar refractivity (Wildman–Crippen MR) is 132 cm³/mol. The lowest BCUT2D eigenvalue weighted by atomic mass is 10.1. The molecule has 0 spiro atoms. The highest BCUT2D eigenvalue weighted by atomic mass is 35.5. The molecule has 1 saturated heterocycles. The van der Waals surface area contributed by atoms with Gasteiger partial charge in [-0.3, -0.25) is 4.90 Å². The Bertz CT molecular complexity index is 1120. The summed E-state index contributed by atoms with van der Waals surface area (Å²) in [5, 5.41) is 4.97. The molecule has 4 rings (SSSR count). The average Bonchev–Trinajstić information content (AvgIpc) is 2.83. The Morgan fingerprint density at radius 1 is 0.939 bits per heavy atom. The number of unbranched alkanes of at least 4 members (excludes halogenated alkanes) is 1. The summed E-state index contributed by atoms with van der Waals surface area (Å²) in [6, 6.07) is 15.5. The van der Waals surface area contributed by atoms with E-state index in [1.165, 1.54) is 12.1 Å². The summed E-state index contributed by atoms with van der Waals surface area (Å²) < 4.78 is 19.3. The molecule has 1 fully saturated rings. The number of halogens is 3. The summed E-state index contributed by atoms with van der Waals surface area (Å²) in [4.78, 5) is 16.8. The number of carbonyl (C=O) groups is 1. The number of nitrogens with zero attached hydrogens (tertiary/aromatic N) is 2. The standard InChI is InChI=1S/C25H26Cl2FN3O2/c26-20-8-5-9-22(24(20)27)31-16-14-30(15-17-31)13-4-3-12-29-25(32)33-23-11-10-21(28)18-6-1-2-7-19(18)23/h1-2,5-11H,3-4,12-17H2,(H,29,32). The molecule has 33 heavy (non-hydrogen) atoms. The van der Waals surface area contributed by atoms with Gasteiger partial charge in [-0.15, -0.1) is 0 Å². The second-order valence-electron chi connectivity index (χ2n) is 8.02. The molecule has 0 atom stereocenters. The van der Waals surface area contributed by atoms with Gasteiger partial charge in [0, 0.05) is 43.5 Å². The largest absolute Gasteiger partial charge is 0.412 e. The average molecular weight is 490 g/mol. The molecular formula is C25H26Cl2FN3O2. The summed E-state index contributed by atoms with van der Waals surface area (Å²) >= 11 is 12.5. The summed E-state index contributed by atoms with van der Waals surface area (Å²) in [6.45, 7) is 5.20. The fourth-order valence-electron chi connectivity index (χ4n) is 4.06. The molecule has 1 aliphatic rings. The molecule has 1 amide bonds. The second-order valence-corrected chi connectivity index (χ2v) is 8.80. The van der Waals surface area contributed by atoms with Crippen LogP contribution in [0.2, 0.25) is 10.0 Å². The number of anilines is 1. The summed E-state index contributed by atoms with van der Waals surface area (Å²) in [6.07, 6.45) is 1.29. The lowest BCUT2D eigenvalue weighted by molar-refractivity contribution is 0.200. The highest BCUT2D eigenvalue weighted by Gasteiger charge is 2.19. The van der Waals surface area contributed by atoms with E-state index in [-0.39, 0.29) is 5.82 Å². The SMILES string of the molecule is O=C(NCCCCN1CCN(c2cccc(Cl)c2Cl)CC1)Oc1ccc(F)c2ccccc12. The third kappa shape index (κ3) is 5.88. The molecule has 1 N–H and O–H groups in total. The number of rotatable bonds is 7. The first-order valence-electron chi connectivity index (χ1n) is 11.1. The van der Waals surface area contributed by atoms with E-state index in [1.54, 1.807) is 30.3 Å². The van der Waals surface area contributed by atoms with Crippen molar-refractivity contribution >= 4 is 45.8 Å². The third-order valence-corrected chi connectivity index (χ3v) is 6.66. The quantitative estimate of drug-likeness (QED) is 0.414. The molecule has 1 heterocycles. The number of ether oxygens (including phenoxy) is 1. The van der Waals surface area contributed by atoms with Crippen LogP contribution in [0, 0.1) is 5.82 Å². The van der Waals surface area contributed by atoms with Gasteiger partial charge in [-0.1, -0.05) is 53.5 Å². The van der Waals surface area contributed by atoms with Crippen molar-refractivity contribution < 1.29 is 13.9 Å². The van der Waals surface area contributed by atoms with Crippen molar-refractivity contribution in [2.75, 3.05) is 44.2 Å². The van der Waals surface area contributed by atoms with E-state index in [1.807, 2.05) is 12.1 Å². The van der Waals surface area contributed by atoms with Gasteiger partial charge in [0.15, 0.2) is 0 Å². The van der Waals surface area contributed by atoms with Gasteiger partial charge in [-0.05, 0) is 43.7 Å². The third-order valence-electron chi connectivity index (χ3n) is 5.85. The zero-order valence-electron chi connectivity index (χ0n) is 18.2. The van der Waals surface area contributed by atoms with Crippen LogP contribution in [0.3, 0.4) is 0 Å². The number of hydrogen-bond donors (Lipinski definition) is 1. The molecule has 0 unspecified atom stereocenters. The molecule has 0 aliphatic carbocycles. The second kappa shape index (κ2) is 11.1. The summed E-state index contributed by atoms with van der Waals surface area (Å²) in [5.74, 6) is 0.0111. The summed E-state index contributed by atoms with van der Waals surface area (Å²) in [5.41, 5.74) is 0.987. The Morgan fingerprint density at radius 2 is 1.70 bits per heavy atom. The highest BCUT2D eigenvalue weighted by Crippen LogP contribution is 2.33. The Hall–Kier alpha value is -2.54. The number of fused-ring (bicyclic) bond motifs is 1. The first-order valence-corrected chi connectivity index (χ1v) is 11.8. The maximum atomic E-state index is 13.9. The molecule has 174 valence electrons. The first kappa shape index (κ1) is 23.6. The minimum absolute atomic E-state index is 0.338. The lowest BCUT2D eigenvalue weighted by Crippen LogP contribution is -2.46. The molecule has 3 aromatic rings. The van der Waals surface area contributed by atoms with E-state index >= 15 is 0 Å². The minimum Gasteiger partial charge on any atom is -0.410 e. The van der Waals surface area contributed by atoms with Crippen molar-refractivity contribution in [2.24, 2.45) is 0 Å². The number of carbonyl (C=O) groups excluding carboxylic acids is 1. The smallest absolute Gasteiger partial charge is 0.410 e. The van der Waals surface area contributed by atoms with Crippen LogP contribution in [-0.2, 0) is 0 Å². The fraction of sp³-hybridized carbons (Fsp3) is 0.320. The van der Waals surface area contributed by atoms with Crippen LogP contribution in [0.1, 0.15) is 12.8 Å². The highest BCUT2D eigenvalue weighted by molar-refractivity contribution is 6.43. The zero-order chi connectivity index (χ0) is 23.2. The molecular weight excluding hydrogens is 464 g/mol. The molecule has 0 aromatic heterocycles. The van der Waals surface area contributed by atoms with E-state index in [2.05, 4.69) is 15.1 Å². The van der Waals surface area contributed by atoms with Crippen LogP contribution in [0.4, 0.5) is 14.9 Å². The van der Waals surface area contributed by atoms with Crippen molar-refractivity contribution in [1.29, 1.82) is 0 Å². The number of benzene rings is 3. The number of nitrogens with one attached hydrogen (secondary N) is 1. The topological polar surface area (TPSA) is 44.8 Å². The van der Waals surface area contributed by atoms with Crippen molar-refractivity contribution in [1.82, 2.24) is 10.2 Å².